The molecule has 2 fully saturated rings. The number of hydrogen-bond donors (Lipinski definition) is 4. The second kappa shape index (κ2) is 6.88. The van der Waals surface area contributed by atoms with E-state index >= 15 is 0 Å². The van der Waals surface area contributed by atoms with Crippen LogP contribution in [0.25, 0.3) is 0 Å². The topological polar surface area (TPSA) is 91.7 Å². The largest absolute Gasteiger partial charge is 0.389 e. The molecule has 2 saturated heterocycles. The predicted octanol–water partition coefficient (Wildman–Crippen LogP) is -0.0608. The number of aliphatic hydroxyl groups is 1. The molecule has 1 amide bonds. The average molecular weight is 323 g/mol. The third kappa shape index (κ3) is 3.84. The Labute approximate surface area is 138 Å². The van der Waals surface area contributed by atoms with Gasteiger partial charge < -0.3 is 25.5 Å². The van der Waals surface area contributed by atoms with Crippen LogP contribution in [0.15, 0.2) is 11.4 Å². The van der Waals surface area contributed by atoms with Gasteiger partial charge in [-0.2, -0.15) is 0 Å². The molecule has 2 heterocycles. The standard InChI is InChI=1S/C16H29N5O2/c1-11(2)13(18-3)14-12(17)15(22)21(10-19-14)9-16(23)5-7-20(4)8-6-16/h11,17-19,23H,5-10H2,1-4H3/b14-13+,17-12?. The van der Waals surface area contributed by atoms with Crippen molar-refractivity contribution in [2.45, 2.75) is 32.3 Å². The molecule has 4 N–H and O–H groups in total. The molecular formula is C16H29N5O2. The Morgan fingerprint density at radius 1 is 1.43 bits per heavy atom. The summed E-state index contributed by atoms with van der Waals surface area (Å²) in [5.41, 5.74) is 0.542. The minimum Gasteiger partial charge on any atom is -0.389 e. The van der Waals surface area contributed by atoms with Gasteiger partial charge in [-0.05, 0) is 25.8 Å². The summed E-state index contributed by atoms with van der Waals surface area (Å²) < 4.78 is 0. The van der Waals surface area contributed by atoms with Gasteiger partial charge in [0.2, 0.25) is 0 Å². The Morgan fingerprint density at radius 3 is 2.57 bits per heavy atom. The lowest BCUT2D eigenvalue weighted by Gasteiger charge is -2.41. The lowest BCUT2D eigenvalue weighted by Crippen LogP contribution is -2.58. The number of nitrogens with one attached hydrogen (secondary N) is 3. The fourth-order valence-electron chi connectivity index (χ4n) is 3.21. The summed E-state index contributed by atoms with van der Waals surface area (Å²) in [7, 11) is 3.83. The van der Waals surface area contributed by atoms with Crippen molar-refractivity contribution in [3.05, 3.63) is 11.4 Å². The van der Waals surface area contributed by atoms with E-state index in [0.29, 0.717) is 25.2 Å². The SMILES string of the molecule is CN/C(=C1/NCN(CC2(O)CCN(C)CC2)C(=O)C1=N)C(C)C. The number of piperidine rings is 1. The first kappa shape index (κ1) is 17.7. The van der Waals surface area contributed by atoms with Gasteiger partial charge in [-0.25, -0.2) is 0 Å². The van der Waals surface area contributed by atoms with Crippen molar-refractivity contribution in [2.24, 2.45) is 5.92 Å². The van der Waals surface area contributed by atoms with E-state index in [1.807, 2.05) is 20.9 Å². The van der Waals surface area contributed by atoms with E-state index in [-0.39, 0.29) is 24.1 Å². The molecule has 7 nitrogen and oxygen atoms in total. The number of allylic oxidation sites excluding steroid dienone is 1. The van der Waals surface area contributed by atoms with Gasteiger partial charge >= 0.3 is 0 Å². The van der Waals surface area contributed by atoms with Crippen molar-refractivity contribution in [1.82, 2.24) is 20.4 Å². The van der Waals surface area contributed by atoms with Crippen molar-refractivity contribution < 1.29 is 9.90 Å². The first-order chi connectivity index (χ1) is 10.8. The maximum absolute atomic E-state index is 12.5. The van der Waals surface area contributed by atoms with Crippen LogP contribution in [-0.4, -0.2) is 72.5 Å². The molecule has 0 atom stereocenters. The Hall–Kier alpha value is -1.60. The summed E-state index contributed by atoms with van der Waals surface area (Å²) in [4.78, 5) is 16.3. The molecule has 2 rings (SSSR count). The number of carbonyl (C=O) groups is 1. The minimum atomic E-state index is -0.852. The maximum Gasteiger partial charge on any atom is 0.275 e. The van der Waals surface area contributed by atoms with Gasteiger partial charge in [0.1, 0.15) is 5.71 Å². The monoisotopic (exact) mass is 323 g/mol. The van der Waals surface area contributed by atoms with E-state index in [2.05, 4.69) is 15.5 Å². The molecule has 0 unspecified atom stereocenters. The zero-order valence-corrected chi connectivity index (χ0v) is 14.6. The molecule has 0 spiro atoms. The Morgan fingerprint density at radius 2 is 2.04 bits per heavy atom. The normalized spacial score (nSPS) is 24.7. The zero-order valence-electron chi connectivity index (χ0n) is 14.6. The van der Waals surface area contributed by atoms with E-state index in [1.165, 1.54) is 0 Å². The van der Waals surface area contributed by atoms with Crippen LogP contribution in [0.3, 0.4) is 0 Å². The van der Waals surface area contributed by atoms with Crippen LogP contribution in [0.5, 0.6) is 0 Å². The molecule has 2 aliphatic rings. The molecule has 0 aromatic carbocycles. The average Bonchev–Trinajstić information content (AvgIpc) is 2.50. The molecule has 0 aromatic heterocycles. The molecule has 130 valence electrons. The highest BCUT2D eigenvalue weighted by molar-refractivity contribution is 6.44. The molecule has 0 radical (unpaired) electrons. The summed E-state index contributed by atoms with van der Waals surface area (Å²) >= 11 is 0. The minimum absolute atomic E-state index is 0.0363. The summed E-state index contributed by atoms with van der Waals surface area (Å²) in [6.45, 7) is 6.29. The van der Waals surface area contributed by atoms with Crippen molar-refractivity contribution in [2.75, 3.05) is 40.4 Å². The molecule has 0 saturated carbocycles. The smallest absolute Gasteiger partial charge is 0.275 e. The van der Waals surface area contributed by atoms with Crippen LogP contribution in [0.1, 0.15) is 26.7 Å². The highest BCUT2D eigenvalue weighted by atomic mass is 16.3. The Bertz CT molecular complexity index is 507. The van der Waals surface area contributed by atoms with Crippen LogP contribution in [0.2, 0.25) is 0 Å². The van der Waals surface area contributed by atoms with Gasteiger partial charge in [0, 0.05) is 25.8 Å². The van der Waals surface area contributed by atoms with Gasteiger partial charge in [-0.3, -0.25) is 10.2 Å². The molecular weight excluding hydrogens is 294 g/mol. The highest BCUT2D eigenvalue weighted by Crippen LogP contribution is 2.24. The second-order valence-corrected chi connectivity index (χ2v) is 6.93. The van der Waals surface area contributed by atoms with Crippen molar-refractivity contribution >= 4 is 11.6 Å². The van der Waals surface area contributed by atoms with Crippen LogP contribution in [0, 0.1) is 11.3 Å². The zero-order chi connectivity index (χ0) is 17.2. The molecule has 0 aromatic rings. The fraction of sp³-hybridized carbons (Fsp3) is 0.750. The van der Waals surface area contributed by atoms with E-state index in [0.717, 1.165) is 18.8 Å². The fourth-order valence-corrected chi connectivity index (χ4v) is 3.21. The summed E-state index contributed by atoms with van der Waals surface area (Å²) in [5, 5.41) is 25.1. The van der Waals surface area contributed by atoms with Crippen molar-refractivity contribution in [1.29, 1.82) is 5.41 Å². The molecule has 23 heavy (non-hydrogen) atoms. The Balaban J connectivity index is 2.09. The van der Waals surface area contributed by atoms with Gasteiger partial charge in [0.15, 0.2) is 0 Å². The van der Waals surface area contributed by atoms with Crippen molar-refractivity contribution in [3.63, 3.8) is 0 Å². The molecule has 7 heteroatoms. The first-order valence-corrected chi connectivity index (χ1v) is 8.22. The third-order valence-electron chi connectivity index (χ3n) is 4.72. The van der Waals surface area contributed by atoms with Gasteiger partial charge in [-0.15, -0.1) is 0 Å². The van der Waals surface area contributed by atoms with Gasteiger partial charge in [0.05, 0.1) is 24.5 Å². The van der Waals surface area contributed by atoms with Crippen LogP contribution in [-0.2, 0) is 4.79 Å². The van der Waals surface area contributed by atoms with Crippen LogP contribution in [0.4, 0.5) is 0 Å². The van der Waals surface area contributed by atoms with E-state index in [1.54, 1.807) is 11.9 Å². The summed E-state index contributed by atoms with van der Waals surface area (Å²) in [5.74, 6) is -0.125. The predicted molar refractivity (Wildman–Crippen MR) is 90.0 cm³/mol. The molecule has 0 aliphatic carbocycles. The second-order valence-electron chi connectivity index (χ2n) is 6.93. The number of β-amino-alcohol motifs (C(OH)–C–C–N with tert-alkyl or cyclic N) is 1. The number of hydrogen-bond acceptors (Lipinski definition) is 6. The Kier molecular flexibility index (Phi) is 5.31. The molecule has 0 bridgehead atoms. The third-order valence-corrected chi connectivity index (χ3v) is 4.72. The summed E-state index contributed by atoms with van der Waals surface area (Å²) in [6, 6.07) is 0. The maximum atomic E-state index is 12.5. The van der Waals surface area contributed by atoms with E-state index < -0.39 is 5.60 Å². The summed E-state index contributed by atoms with van der Waals surface area (Å²) in [6.07, 6.45) is 1.30. The lowest BCUT2D eigenvalue weighted by atomic mass is 9.90. The van der Waals surface area contributed by atoms with Gasteiger partial charge in [-0.1, -0.05) is 13.8 Å². The highest BCUT2D eigenvalue weighted by Gasteiger charge is 2.38. The van der Waals surface area contributed by atoms with E-state index in [9.17, 15) is 9.90 Å². The van der Waals surface area contributed by atoms with Crippen LogP contribution < -0.4 is 10.6 Å². The lowest BCUT2D eigenvalue weighted by molar-refractivity contribution is -0.130. The van der Waals surface area contributed by atoms with E-state index in [4.69, 9.17) is 5.41 Å². The first-order valence-electron chi connectivity index (χ1n) is 8.22. The number of nitrogens with zero attached hydrogens (tertiary/aromatic N) is 2. The van der Waals surface area contributed by atoms with Crippen LogP contribution >= 0.6 is 0 Å². The number of rotatable bonds is 4. The number of likely N-dealkylation sites (tertiary alicyclic amines) is 1. The van der Waals surface area contributed by atoms with Gasteiger partial charge in [0.25, 0.3) is 5.91 Å². The number of amides is 1. The number of carbonyl (C=O) groups excluding carboxylic acids is 1. The van der Waals surface area contributed by atoms with Crippen molar-refractivity contribution in [3.8, 4) is 0 Å². The molecule has 2 aliphatic heterocycles. The quantitative estimate of drug-likeness (QED) is 0.582.